The van der Waals surface area contributed by atoms with Crippen LogP contribution in [-0.4, -0.2) is 82.2 Å². The molecule has 1 saturated heterocycles. The Morgan fingerprint density at radius 2 is 1.70 bits per heavy atom. The zero-order valence-electron chi connectivity index (χ0n) is 20.7. The number of hydrogen-bond acceptors (Lipinski definition) is 6. The van der Waals surface area contributed by atoms with Crippen molar-refractivity contribution in [3.05, 3.63) is 77.0 Å². The van der Waals surface area contributed by atoms with Gasteiger partial charge < -0.3 is 20.2 Å². The lowest BCUT2D eigenvalue weighted by Crippen LogP contribution is -2.46. The topological polar surface area (TPSA) is 114 Å². The number of hydrogen-bond donors (Lipinski definition) is 3. The highest BCUT2D eigenvalue weighted by Gasteiger charge is 2.24. The van der Waals surface area contributed by atoms with Gasteiger partial charge in [-0.3, -0.25) is 14.7 Å². The van der Waals surface area contributed by atoms with Crippen LogP contribution >= 0.6 is 0 Å². The van der Waals surface area contributed by atoms with E-state index in [-0.39, 0.29) is 17.6 Å². The van der Waals surface area contributed by atoms with E-state index in [9.17, 15) is 14.7 Å². The maximum Gasteiger partial charge on any atom is 0.254 e. The fraction of sp³-hybridized carbons (Fsp3) is 0.214. The van der Waals surface area contributed by atoms with E-state index in [1.807, 2.05) is 29.2 Å². The number of amides is 2. The first kappa shape index (κ1) is 24.2. The van der Waals surface area contributed by atoms with E-state index in [2.05, 4.69) is 15.5 Å². The number of carbonyl (C=O) groups excluding carboxylic acids is 2. The van der Waals surface area contributed by atoms with Crippen molar-refractivity contribution in [2.75, 3.05) is 40.3 Å². The first-order chi connectivity index (χ1) is 17.9. The highest BCUT2D eigenvalue weighted by molar-refractivity contribution is 6.09. The molecule has 37 heavy (non-hydrogen) atoms. The van der Waals surface area contributed by atoms with Gasteiger partial charge in [-0.15, -0.1) is 0 Å². The Labute approximate surface area is 214 Å². The number of nitrogens with one attached hydrogen (secondary N) is 2. The van der Waals surface area contributed by atoms with Crippen molar-refractivity contribution in [1.29, 1.82) is 0 Å². The fourth-order valence-corrected chi connectivity index (χ4v) is 4.33. The summed E-state index contributed by atoms with van der Waals surface area (Å²) in [6.07, 6.45) is 3.78. The Hall–Kier alpha value is -4.50. The number of piperazine rings is 1. The average Bonchev–Trinajstić information content (AvgIpc) is 3.34. The van der Waals surface area contributed by atoms with E-state index in [0.29, 0.717) is 46.6 Å². The van der Waals surface area contributed by atoms with E-state index in [1.54, 1.807) is 56.6 Å². The quantitative estimate of drug-likeness (QED) is 0.391. The molecule has 0 aliphatic carbocycles. The second-order valence-electron chi connectivity index (χ2n) is 9.13. The van der Waals surface area contributed by atoms with Gasteiger partial charge in [0.25, 0.3) is 11.8 Å². The van der Waals surface area contributed by atoms with Gasteiger partial charge in [0, 0.05) is 51.4 Å². The predicted octanol–water partition coefficient (Wildman–Crippen LogP) is 3.25. The standard InChI is InChI=1S/C28H28N6O3/c1-33(2)27(36)20-6-3-18(4-7-20)5-12-23-25-22(28(37)34-15-13-29-14-16-34)17-24(30-26(25)32-31-23)19-8-10-21(35)11-9-19/h3-12,17,29,35H,13-16H2,1-2H3,(H,30,31,32). The zero-order valence-corrected chi connectivity index (χ0v) is 20.7. The lowest BCUT2D eigenvalue weighted by atomic mass is 10.0. The lowest BCUT2D eigenvalue weighted by Gasteiger charge is -2.27. The molecule has 2 amide bonds. The van der Waals surface area contributed by atoms with Crippen molar-refractivity contribution in [2.24, 2.45) is 0 Å². The van der Waals surface area contributed by atoms with Gasteiger partial charge in [-0.2, -0.15) is 5.10 Å². The Kier molecular flexibility index (Phi) is 6.70. The van der Waals surface area contributed by atoms with Gasteiger partial charge in [0.1, 0.15) is 5.75 Å². The van der Waals surface area contributed by atoms with Crippen molar-refractivity contribution in [1.82, 2.24) is 30.3 Å². The van der Waals surface area contributed by atoms with Gasteiger partial charge in [-0.05, 0) is 54.1 Å². The third-order valence-corrected chi connectivity index (χ3v) is 6.36. The van der Waals surface area contributed by atoms with Gasteiger partial charge in [-0.25, -0.2) is 4.98 Å². The number of nitrogens with zero attached hydrogens (tertiary/aromatic N) is 4. The number of pyridine rings is 1. The Morgan fingerprint density at radius 3 is 2.38 bits per heavy atom. The summed E-state index contributed by atoms with van der Waals surface area (Å²) in [6, 6.07) is 15.8. The van der Waals surface area contributed by atoms with Crippen molar-refractivity contribution in [3.63, 3.8) is 0 Å². The molecule has 9 heteroatoms. The largest absolute Gasteiger partial charge is 0.508 e. The molecule has 4 aromatic rings. The lowest BCUT2D eigenvalue weighted by molar-refractivity contribution is 0.0737. The summed E-state index contributed by atoms with van der Waals surface area (Å²) in [4.78, 5) is 33.9. The van der Waals surface area contributed by atoms with Crippen LogP contribution in [0.2, 0.25) is 0 Å². The van der Waals surface area contributed by atoms with Crippen LogP contribution in [0.5, 0.6) is 5.75 Å². The highest BCUT2D eigenvalue weighted by atomic mass is 16.3. The summed E-state index contributed by atoms with van der Waals surface area (Å²) >= 11 is 0. The maximum absolute atomic E-state index is 13.7. The minimum Gasteiger partial charge on any atom is -0.508 e. The SMILES string of the molecule is CN(C)C(=O)c1ccc(C=Cc2[nH]nc3nc(-c4ccc(O)cc4)cc(C(=O)N4CCNCC4)c23)cc1. The molecular weight excluding hydrogens is 468 g/mol. The number of rotatable bonds is 5. The minimum atomic E-state index is -0.0727. The van der Waals surface area contributed by atoms with Crippen LogP contribution in [0.1, 0.15) is 32.0 Å². The van der Waals surface area contributed by atoms with E-state index >= 15 is 0 Å². The van der Waals surface area contributed by atoms with Crippen LogP contribution in [0.25, 0.3) is 34.4 Å². The summed E-state index contributed by atoms with van der Waals surface area (Å²) in [7, 11) is 3.44. The number of phenols is 1. The summed E-state index contributed by atoms with van der Waals surface area (Å²) < 4.78 is 0. The number of H-pyrrole nitrogens is 1. The molecule has 0 spiro atoms. The van der Waals surface area contributed by atoms with Crippen LogP contribution < -0.4 is 5.32 Å². The predicted molar refractivity (Wildman–Crippen MR) is 143 cm³/mol. The Morgan fingerprint density at radius 1 is 1.00 bits per heavy atom. The molecule has 2 aromatic carbocycles. The first-order valence-electron chi connectivity index (χ1n) is 12.1. The zero-order chi connectivity index (χ0) is 25.9. The average molecular weight is 497 g/mol. The third-order valence-electron chi connectivity index (χ3n) is 6.36. The molecule has 9 nitrogen and oxygen atoms in total. The summed E-state index contributed by atoms with van der Waals surface area (Å²) in [5.41, 5.74) is 4.54. The molecular formula is C28H28N6O3. The number of aromatic hydroxyl groups is 1. The summed E-state index contributed by atoms with van der Waals surface area (Å²) in [5, 5.41) is 21.1. The van der Waals surface area contributed by atoms with Gasteiger partial charge in [-0.1, -0.05) is 18.2 Å². The Bertz CT molecular complexity index is 1470. The van der Waals surface area contributed by atoms with Gasteiger partial charge >= 0.3 is 0 Å². The van der Waals surface area contributed by atoms with E-state index in [0.717, 1.165) is 24.2 Å². The van der Waals surface area contributed by atoms with Crippen LogP contribution in [0.4, 0.5) is 0 Å². The molecule has 188 valence electrons. The Balaban J connectivity index is 1.54. The highest BCUT2D eigenvalue weighted by Crippen LogP contribution is 2.29. The second kappa shape index (κ2) is 10.2. The number of aromatic amines is 1. The molecule has 1 aliphatic rings. The molecule has 3 heterocycles. The molecule has 0 unspecified atom stereocenters. The van der Waals surface area contributed by atoms with Crippen molar-refractivity contribution in [2.45, 2.75) is 0 Å². The molecule has 0 bridgehead atoms. The van der Waals surface area contributed by atoms with Gasteiger partial charge in [0.2, 0.25) is 0 Å². The smallest absolute Gasteiger partial charge is 0.254 e. The van der Waals surface area contributed by atoms with Crippen LogP contribution in [0, 0.1) is 0 Å². The number of aromatic nitrogens is 3. The molecule has 0 radical (unpaired) electrons. The second-order valence-corrected chi connectivity index (χ2v) is 9.13. The summed E-state index contributed by atoms with van der Waals surface area (Å²) in [5.74, 6) is 0.0337. The van der Waals surface area contributed by atoms with Crippen LogP contribution in [-0.2, 0) is 0 Å². The number of benzene rings is 2. The maximum atomic E-state index is 13.7. The molecule has 3 N–H and O–H groups in total. The first-order valence-corrected chi connectivity index (χ1v) is 12.1. The van der Waals surface area contributed by atoms with Gasteiger partial charge in [0.05, 0.1) is 22.3 Å². The van der Waals surface area contributed by atoms with Crippen LogP contribution in [0.3, 0.4) is 0 Å². The molecule has 1 aliphatic heterocycles. The third kappa shape index (κ3) is 5.07. The summed E-state index contributed by atoms with van der Waals surface area (Å²) in [6.45, 7) is 2.74. The van der Waals surface area contributed by atoms with Crippen molar-refractivity contribution < 1.29 is 14.7 Å². The van der Waals surface area contributed by atoms with Crippen LogP contribution in [0.15, 0.2) is 54.6 Å². The number of phenolic OH excluding ortho intramolecular Hbond substituents is 1. The van der Waals surface area contributed by atoms with E-state index in [4.69, 9.17) is 4.98 Å². The van der Waals surface area contributed by atoms with Crippen molar-refractivity contribution >= 4 is 35.0 Å². The monoisotopic (exact) mass is 496 g/mol. The fourth-order valence-electron chi connectivity index (χ4n) is 4.33. The molecule has 0 saturated carbocycles. The molecule has 5 rings (SSSR count). The van der Waals surface area contributed by atoms with Gasteiger partial charge in [0.15, 0.2) is 5.65 Å². The molecule has 1 fully saturated rings. The van der Waals surface area contributed by atoms with Crippen molar-refractivity contribution in [3.8, 4) is 17.0 Å². The van der Waals surface area contributed by atoms with E-state index < -0.39 is 0 Å². The van der Waals surface area contributed by atoms with E-state index in [1.165, 1.54) is 4.90 Å². The number of carbonyl (C=O) groups is 2. The normalized spacial score (nSPS) is 13.8. The molecule has 0 atom stereocenters. The minimum absolute atomic E-state index is 0.0540. The number of fused-ring (bicyclic) bond motifs is 1. The molecule has 2 aromatic heterocycles.